The van der Waals surface area contributed by atoms with Crippen molar-refractivity contribution in [2.75, 3.05) is 18.6 Å². The molecule has 0 amide bonds. The van der Waals surface area contributed by atoms with Crippen molar-refractivity contribution in [3.8, 4) is 5.75 Å². The summed E-state index contributed by atoms with van der Waals surface area (Å²) in [5.74, 6) is 1.37. The Bertz CT molecular complexity index is 829. The van der Waals surface area contributed by atoms with Crippen LogP contribution >= 0.6 is 15.9 Å². The molecule has 0 saturated heterocycles. The number of benzene rings is 2. The molecule has 1 aliphatic rings. The first kappa shape index (κ1) is 19.0. The number of ether oxygens (including phenoxy) is 1. The van der Waals surface area contributed by atoms with E-state index in [1.165, 1.54) is 11.3 Å². The maximum absolute atomic E-state index is 5.70. The lowest BCUT2D eigenvalue weighted by atomic mass is 9.79. The minimum Gasteiger partial charge on any atom is -0.496 e. The minimum absolute atomic E-state index is 0.149. The van der Waals surface area contributed by atoms with E-state index < -0.39 is 0 Å². The smallest absolute Gasteiger partial charge is 0.129 e. The van der Waals surface area contributed by atoms with Crippen LogP contribution in [-0.4, -0.2) is 25.4 Å². The fourth-order valence-electron chi connectivity index (χ4n) is 4.10. The molecule has 4 heteroatoms. The lowest BCUT2D eigenvalue weighted by molar-refractivity contribution is 0.377. The average molecular weight is 415 g/mol. The fraction of sp³-hybridized carbons (Fsp3) is 0.409. The van der Waals surface area contributed by atoms with Gasteiger partial charge in [0.1, 0.15) is 5.75 Å². The minimum atomic E-state index is 0.149. The van der Waals surface area contributed by atoms with Gasteiger partial charge >= 0.3 is 0 Å². The summed E-state index contributed by atoms with van der Waals surface area (Å²) in [6.07, 6.45) is 3.04. The van der Waals surface area contributed by atoms with Crippen LogP contribution in [0.3, 0.4) is 0 Å². The summed E-state index contributed by atoms with van der Waals surface area (Å²) in [6.45, 7) is 10.2. The van der Waals surface area contributed by atoms with Crippen LogP contribution in [-0.2, 0) is 0 Å². The number of hydrogen-bond acceptors (Lipinski definition) is 3. The highest BCUT2D eigenvalue weighted by Crippen LogP contribution is 2.45. The van der Waals surface area contributed by atoms with Gasteiger partial charge in [-0.25, -0.2) is 0 Å². The summed E-state index contributed by atoms with van der Waals surface area (Å²) >= 11 is 3.55. The molecule has 3 nitrogen and oxygen atoms in total. The van der Waals surface area contributed by atoms with E-state index in [1.807, 2.05) is 30.5 Å². The second-order valence-corrected chi connectivity index (χ2v) is 8.38. The number of rotatable bonds is 4. The van der Waals surface area contributed by atoms with Crippen LogP contribution in [0.5, 0.6) is 5.75 Å². The molecule has 1 unspecified atom stereocenters. The molecule has 0 radical (unpaired) electrons. The standard InChI is InChI=1S/C22H27BrN2O/c1-6-25-20-12-21(26-5)16(11-17(20)15(2)13-22(25,3)4)14-24-19-10-8-7-9-18(19)23/h7-12,14-15H,6,13H2,1-5H3. The molecular formula is C22H27BrN2O. The molecule has 0 bridgehead atoms. The highest BCUT2D eigenvalue weighted by molar-refractivity contribution is 9.10. The van der Waals surface area contributed by atoms with Crippen molar-refractivity contribution in [3.63, 3.8) is 0 Å². The lowest BCUT2D eigenvalue weighted by Crippen LogP contribution is -2.48. The van der Waals surface area contributed by atoms with Gasteiger partial charge in [-0.05, 0) is 72.8 Å². The summed E-state index contributed by atoms with van der Waals surface area (Å²) in [5, 5.41) is 0. The number of fused-ring (bicyclic) bond motifs is 1. The second-order valence-electron chi connectivity index (χ2n) is 7.52. The Morgan fingerprint density at radius 1 is 1.31 bits per heavy atom. The van der Waals surface area contributed by atoms with Gasteiger partial charge in [-0.1, -0.05) is 19.1 Å². The zero-order chi connectivity index (χ0) is 18.9. The molecule has 0 saturated carbocycles. The van der Waals surface area contributed by atoms with Gasteiger partial charge in [0, 0.05) is 40.1 Å². The summed E-state index contributed by atoms with van der Waals surface area (Å²) < 4.78 is 6.68. The number of aliphatic imine (C=N–C) groups is 1. The molecule has 3 rings (SSSR count). The number of hydrogen-bond donors (Lipinski definition) is 0. The van der Waals surface area contributed by atoms with Crippen molar-refractivity contribution >= 4 is 33.5 Å². The molecule has 0 N–H and O–H groups in total. The highest BCUT2D eigenvalue weighted by atomic mass is 79.9. The third kappa shape index (κ3) is 3.52. The number of para-hydroxylation sites is 1. The fourth-order valence-corrected chi connectivity index (χ4v) is 4.49. The van der Waals surface area contributed by atoms with Crippen molar-refractivity contribution in [2.24, 2.45) is 4.99 Å². The number of anilines is 1. The molecular weight excluding hydrogens is 388 g/mol. The van der Waals surface area contributed by atoms with Gasteiger partial charge in [0.05, 0.1) is 12.8 Å². The maximum atomic E-state index is 5.70. The van der Waals surface area contributed by atoms with E-state index in [9.17, 15) is 0 Å². The lowest BCUT2D eigenvalue weighted by Gasteiger charge is -2.47. The normalized spacial score (nSPS) is 18.8. The number of halogens is 1. The van der Waals surface area contributed by atoms with E-state index >= 15 is 0 Å². The van der Waals surface area contributed by atoms with E-state index in [0.29, 0.717) is 5.92 Å². The molecule has 0 aromatic heterocycles. The Kier molecular flexibility index (Phi) is 5.42. The SMILES string of the molecule is CCN1c2cc(OC)c(C=Nc3ccccc3Br)cc2C(C)CC1(C)C. The van der Waals surface area contributed by atoms with Crippen molar-refractivity contribution in [1.82, 2.24) is 0 Å². The number of methoxy groups -OCH3 is 1. The van der Waals surface area contributed by atoms with E-state index in [4.69, 9.17) is 4.74 Å². The molecule has 0 spiro atoms. The van der Waals surface area contributed by atoms with Gasteiger partial charge in [0.25, 0.3) is 0 Å². The van der Waals surface area contributed by atoms with Gasteiger partial charge in [-0.2, -0.15) is 0 Å². The van der Waals surface area contributed by atoms with E-state index in [2.05, 4.69) is 65.6 Å². The van der Waals surface area contributed by atoms with Gasteiger partial charge in [0.15, 0.2) is 0 Å². The molecule has 26 heavy (non-hydrogen) atoms. The van der Waals surface area contributed by atoms with Gasteiger partial charge in [0.2, 0.25) is 0 Å². The predicted octanol–water partition coefficient (Wildman–Crippen LogP) is 6.32. The molecule has 0 aliphatic carbocycles. The molecule has 1 aliphatic heterocycles. The quantitative estimate of drug-likeness (QED) is 0.546. The maximum Gasteiger partial charge on any atom is 0.129 e. The zero-order valence-electron chi connectivity index (χ0n) is 16.2. The van der Waals surface area contributed by atoms with Crippen LogP contribution < -0.4 is 9.64 Å². The molecule has 138 valence electrons. The zero-order valence-corrected chi connectivity index (χ0v) is 17.8. The first-order valence-electron chi connectivity index (χ1n) is 9.15. The average Bonchev–Trinajstić information content (AvgIpc) is 2.60. The van der Waals surface area contributed by atoms with E-state index in [1.54, 1.807) is 7.11 Å². The Morgan fingerprint density at radius 3 is 2.69 bits per heavy atom. The van der Waals surface area contributed by atoms with Crippen molar-refractivity contribution < 1.29 is 4.74 Å². The van der Waals surface area contributed by atoms with Crippen LogP contribution in [0.2, 0.25) is 0 Å². The Morgan fingerprint density at radius 2 is 2.04 bits per heavy atom. The summed E-state index contributed by atoms with van der Waals surface area (Å²) in [4.78, 5) is 7.15. The van der Waals surface area contributed by atoms with Crippen LogP contribution in [0, 0.1) is 0 Å². The van der Waals surface area contributed by atoms with Crippen LogP contribution in [0.1, 0.15) is 51.2 Å². The molecule has 2 aromatic carbocycles. The second kappa shape index (κ2) is 7.43. The predicted molar refractivity (Wildman–Crippen MR) is 115 cm³/mol. The Hall–Kier alpha value is -1.81. The monoisotopic (exact) mass is 414 g/mol. The number of nitrogens with zero attached hydrogens (tertiary/aromatic N) is 2. The van der Waals surface area contributed by atoms with Crippen LogP contribution in [0.4, 0.5) is 11.4 Å². The van der Waals surface area contributed by atoms with Crippen molar-refractivity contribution in [3.05, 3.63) is 52.0 Å². The molecule has 1 atom stereocenters. The van der Waals surface area contributed by atoms with E-state index in [0.717, 1.165) is 34.4 Å². The third-order valence-electron chi connectivity index (χ3n) is 5.25. The first-order chi connectivity index (χ1) is 12.4. The van der Waals surface area contributed by atoms with Crippen LogP contribution in [0.15, 0.2) is 45.9 Å². The van der Waals surface area contributed by atoms with Gasteiger partial charge in [-0.3, -0.25) is 4.99 Å². The first-order valence-corrected chi connectivity index (χ1v) is 9.95. The van der Waals surface area contributed by atoms with Crippen LogP contribution in [0.25, 0.3) is 0 Å². The largest absolute Gasteiger partial charge is 0.496 e. The van der Waals surface area contributed by atoms with Crippen molar-refractivity contribution in [1.29, 1.82) is 0 Å². The van der Waals surface area contributed by atoms with Gasteiger partial charge < -0.3 is 9.64 Å². The molecule has 1 heterocycles. The molecule has 0 fully saturated rings. The Labute approximate surface area is 165 Å². The summed E-state index contributed by atoms with van der Waals surface area (Å²) in [7, 11) is 1.73. The molecule has 2 aromatic rings. The van der Waals surface area contributed by atoms with E-state index in [-0.39, 0.29) is 5.54 Å². The van der Waals surface area contributed by atoms with Gasteiger partial charge in [-0.15, -0.1) is 0 Å². The third-order valence-corrected chi connectivity index (χ3v) is 5.92. The summed E-state index contributed by atoms with van der Waals surface area (Å²) in [6, 6.07) is 12.4. The van der Waals surface area contributed by atoms with Crippen molar-refractivity contribution in [2.45, 2.75) is 45.6 Å². The Balaban J connectivity index is 2.06. The highest BCUT2D eigenvalue weighted by Gasteiger charge is 2.36. The summed E-state index contributed by atoms with van der Waals surface area (Å²) in [5.41, 5.74) is 4.74. The topological polar surface area (TPSA) is 24.8 Å².